The monoisotopic (exact) mass is 475 g/mol. The molecule has 164 valence electrons. The predicted octanol–water partition coefficient (Wildman–Crippen LogP) is 4.10. The fraction of sp³-hybridized carbons (Fsp3) is 0.364. The van der Waals surface area contributed by atoms with Gasteiger partial charge in [0, 0.05) is 25.6 Å². The molecule has 3 heterocycles. The maximum Gasteiger partial charge on any atom is 0.252 e. The van der Waals surface area contributed by atoms with Gasteiger partial charge in [0.1, 0.15) is 4.21 Å². The third-order valence-electron chi connectivity index (χ3n) is 5.52. The second kappa shape index (κ2) is 8.82. The van der Waals surface area contributed by atoms with Crippen molar-refractivity contribution in [1.29, 1.82) is 0 Å². The zero-order valence-corrected chi connectivity index (χ0v) is 20.0. The third-order valence-corrected chi connectivity index (χ3v) is 10.0. The molecule has 2 aromatic heterocycles. The van der Waals surface area contributed by atoms with E-state index in [0.29, 0.717) is 41.5 Å². The number of allylic oxidation sites excluding steroid dienone is 1. The number of carbonyl (C=O) groups is 1. The molecule has 0 spiro atoms. The van der Waals surface area contributed by atoms with Crippen LogP contribution >= 0.6 is 22.7 Å². The Morgan fingerprint density at radius 3 is 2.68 bits per heavy atom. The van der Waals surface area contributed by atoms with E-state index in [9.17, 15) is 13.2 Å². The summed E-state index contributed by atoms with van der Waals surface area (Å²) in [6.07, 6.45) is 2.77. The Kier molecular flexibility index (Phi) is 6.30. The largest absolute Gasteiger partial charge is 0.312 e. The van der Waals surface area contributed by atoms with Crippen molar-refractivity contribution >= 4 is 48.8 Å². The fourth-order valence-electron chi connectivity index (χ4n) is 3.97. The quantitative estimate of drug-likeness (QED) is 0.522. The van der Waals surface area contributed by atoms with Gasteiger partial charge in [0.15, 0.2) is 4.80 Å². The number of piperidine rings is 1. The predicted molar refractivity (Wildman–Crippen MR) is 126 cm³/mol. The van der Waals surface area contributed by atoms with Crippen LogP contribution in [-0.4, -0.2) is 36.3 Å². The molecule has 1 saturated heterocycles. The van der Waals surface area contributed by atoms with Crippen LogP contribution in [0.4, 0.5) is 0 Å². The number of hydrogen-bond donors (Lipinski definition) is 0. The van der Waals surface area contributed by atoms with Crippen LogP contribution in [0.1, 0.15) is 24.0 Å². The van der Waals surface area contributed by atoms with Gasteiger partial charge in [-0.05, 0) is 55.3 Å². The van der Waals surface area contributed by atoms with Gasteiger partial charge in [0.25, 0.3) is 15.9 Å². The number of benzene rings is 1. The third kappa shape index (κ3) is 4.32. The van der Waals surface area contributed by atoms with Crippen LogP contribution in [0.3, 0.4) is 0 Å². The summed E-state index contributed by atoms with van der Waals surface area (Å²) in [6, 6.07) is 7.60. The Balaban J connectivity index is 1.58. The number of carbonyl (C=O) groups excluding carboxylic acids is 1. The lowest BCUT2D eigenvalue weighted by Crippen LogP contribution is -2.40. The van der Waals surface area contributed by atoms with Crippen molar-refractivity contribution in [2.75, 3.05) is 13.1 Å². The summed E-state index contributed by atoms with van der Waals surface area (Å²) in [4.78, 5) is 18.1. The highest BCUT2D eigenvalue weighted by atomic mass is 32.2. The Morgan fingerprint density at radius 2 is 2.03 bits per heavy atom. The Bertz CT molecular complexity index is 1290. The number of amides is 1. The minimum Gasteiger partial charge on any atom is -0.312 e. The van der Waals surface area contributed by atoms with E-state index in [4.69, 9.17) is 0 Å². The molecule has 0 saturated carbocycles. The van der Waals surface area contributed by atoms with Gasteiger partial charge in [-0.25, -0.2) is 8.42 Å². The van der Waals surface area contributed by atoms with Crippen molar-refractivity contribution in [3.05, 3.63) is 58.2 Å². The molecule has 0 atom stereocenters. The molecule has 0 unspecified atom stereocenters. The van der Waals surface area contributed by atoms with E-state index in [-0.39, 0.29) is 11.8 Å². The molecule has 0 radical (unpaired) electrons. The molecule has 1 aliphatic rings. The number of aryl methyl sites for hydroxylation is 2. The van der Waals surface area contributed by atoms with Gasteiger partial charge >= 0.3 is 0 Å². The van der Waals surface area contributed by atoms with E-state index in [1.807, 2.05) is 4.57 Å². The van der Waals surface area contributed by atoms with Crippen molar-refractivity contribution in [3.8, 4) is 0 Å². The molecule has 1 aliphatic heterocycles. The maximum atomic E-state index is 13.0. The molecule has 1 fully saturated rings. The summed E-state index contributed by atoms with van der Waals surface area (Å²) in [5.74, 6) is -0.438. The molecule has 9 heteroatoms. The van der Waals surface area contributed by atoms with Gasteiger partial charge in [-0.1, -0.05) is 29.5 Å². The molecular weight excluding hydrogens is 450 g/mol. The van der Waals surface area contributed by atoms with Gasteiger partial charge < -0.3 is 4.57 Å². The number of nitrogens with zero attached hydrogens (tertiary/aromatic N) is 3. The summed E-state index contributed by atoms with van der Waals surface area (Å²) in [5, 5.41) is 1.76. The zero-order valence-electron chi connectivity index (χ0n) is 17.6. The highest BCUT2D eigenvalue weighted by Gasteiger charge is 2.32. The van der Waals surface area contributed by atoms with Gasteiger partial charge in [0.05, 0.1) is 10.2 Å². The first kappa shape index (κ1) is 22.1. The first-order valence-electron chi connectivity index (χ1n) is 10.1. The molecule has 0 bridgehead atoms. The number of thiophene rings is 1. The molecule has 6 nitrogen and oxygen atoms in total. The fourth-order valence-corrected chi connectivity index (χ4v) is 7.68. The lowest BCUT2D eigenvalue weighted by atomic mass is 9.98. The standard InChI is InChI=1S/C22H25N3O3S3/c1-4-9-25-18-14-15(2)13-16(3)20(18)30-22(25)23-21(26)17-7-10-24(11-8-17)31(27,28)19-6-5-12-29-19/h4-6,12-14,17H,1,7-11H2,2-3H3. The lowest BCUT2D eigenvalue weighted by molar-refractivity contribution is -0.122. The molecule has 4 rings (SSSR count). The first-order valence-corrected chi connectivity index (χ1v) is 13.3. The van der Waals surface area contributed by atoms with Gasteiger partial charge in [-0.15, -0.1) is 17.9 Å². The van der Waals surface area contributed by atoms with E-state index in [1.54, 1.807) is 23.6 Å². The van der Waals surface area contributed by atoms with Crippen molar-refractivity contribution in [1.82, 2.24) is 8.87 Å². The van der Waals surface area contributed by atoms with E-state index < -0.39 is 10.0 Å². The van der Waals surface area contributed by atoms with Crippen LogP contribution in [0, 0.1) is 19.8 Å². The molecule has 1 amide bonds. The zero-order chi connectivity index (χ0) is 22.2. The number of rotatable bonds is 5. The Hall–Kier alpha value is -2.07. The number of fused-ring (bicyclic) bond motifs is 1. The highest BCUT2D eigenvalue weighted by molar-refractivity contribution is 7.91. The second-order valence-electron chi connectivity index (χ2n) is 7.77. The summed E-state index contributed by atoms with van der Waals surface area (Å²) < 4.78 is 30.4. The van der Waals surface area contributed by atoms with E-state index >= 15 is 0 Å². The van der Waals surface area contributed by atoms with Crippen LogP contribution in [-0.2, 0) is 21.4 Å². The maximum absolute atomic E-state index is 13.0. The minimum absolute atomic E-state index is 0.174. The average Bonchev–Trinajstić information content (AvgIpc) is 3.39. The second-order valence-corrected chi connectivity index (χ2v) is 11.9. The van der Waals surface area contributed by atoms with Crippen molar-refractivity contribution in [2.24, 2.45) is 10.9 Å². The van der Waals surface area contributed by atoms with Gasteiger partial charge in [-0.3, -0.25) is 4.79 Å². The summed E-state index contributed by atoms with van der Waals surface area (Å²) >= 11 is 2.74. The van der Waals surface area contributed by atoms with E-state index in [1.165, 1.54) is 32.5 Å². The molecule has 3 aromatic rings. The van der Waals surface area contributed by atoms with Gasteiger partial charge in [0.2, 0.25) is 0 Å². The highest BCUT2D eigenvalue weighted by Crippen LogP contribution is 2.27. The number of hydrogen-bond acceptors (Lipinski definition) is 5. The first-order chi connectivity index (χ1) is 14.8. The van der Waals surface area contributed by atoms with Gasteiger partial charge in [-0.2, -0.15) is 9.30 Å². The topological polar surface area (TPSA) is 71.7 Å². The number of aromatic nitrogens is 1. The Labute approximate surface area is 190 Å². The van der Waals surface area contributed by atoms with Crippen LogP contribution in [0.5, 0.6) is 0 Å². The molecule has 31 heavy (non-hydrogen) atoms. The SMILES string of the molecule is C=CCn1c(=NC(=O)C2CCN(S(=O)(=O)c3cccs3)CC2)sc2c(C)cc(C)cc21. The normalized spacial score (nSPS) is 16.8. The van der Waals surface area contributed by atoms with Crippen LogP contribution in [0.25, 0.3) is 10.2 Å². The van der Waals surface area contributed by atoms with Crippen LogP contribution in [0.2, 0.25) is 0 Å². The summed E-state index contributed by atoms with van der Waals surface area (Å²) in [6.45, 7) is 9.22. The van der Waals surface area contributed by atoms with E-state index in [2.05, 4.69) is 37.6 Å². The summed E-state index contributed by atoms with van der Waals surface area (Å²) in [5.41, 5.74) is 3.39. The van der Waals surface area contributed by atoms with Crippen LogP contribution in [0.15, 0.2) is 51.5 Å². The van der Waals surface area contributed by atoms with Crippen molar-refractivity contribution in [2.45, 2.75) is 37.4 Å². The molecule has 1 aromatic carbocycles. The molecule has 0 aliphatic carbocycles. The van der Waals surface area contributed by atoms with Crippen molar-refractivity contribution < 1.29 is 13.2 Å². The molecular formula is C22H25N3O3S3. The number of thiazole rings is 1. The number of sulfonamides is 1. The minimum atomic E-state index is -3.47. The average molecular weight is 476 g/mol. The summed E-state index contributed by atoms with van der Waals surface area (Å²) in [7, 11) is -3.47. The lowest BCUT2D eigenvalue weighted by Gasteiger charge is -2.29. The van der Waals surface area contributed by atoms with Crippen LogP contribution < -0.4 is 4.80 Å². The Morgan fingerprint density at radius 1 is 1.29 bits per heavy atom. The van der Waals surface area contributed by atoms with E-state index in [0.717, 1.165) is 15.8 Å². The molecule has 0 N–H and O–H groups in total. The van der Waals surface area contributed by atoms with Crippen molar-refractivity contribution in [3.63, 3.8) is 0 Å². The smallest absolute Gasteiger partial charge is 0.252 e.